The van der Waals surface area contributed by atoms with Gasteiger partial charge >= 0.3 is 0 Å². The molecule has 0 fully saturated rings. The van der Waals surface area contributed by atoms with E-state index in [4.69, 9.17) is 4.74 Å². The molecule has 2 N–H and O–H groups in total. The molecule has 2 rings (SSSR count). The van der Waals surface area contributed by atoms with Crippen molar-refractivity contribution in [2.24, 2.45) is 0 Å². The standard InChI is InChI=1S/C16H20N2O2/c1-20-12-15(19)11-18-16(13-5-3-2-4-6-13)14-7-9-17-10-8-14/h2-10,15-16,18-19H,11-12H2,1H3. The number of nitrogens with one attached hydrogen (secondary N) is 1. The minimum Gasteiger partial charge on any atom is -0.389 e. The third-order valence-electron chi connectivity index (χ3n) is 3.09. The highest BCUT2D eigenvalue weighted by molar-refractivity contribution is 5.30. The van der Waals surface area contributed by atoms with Crippen molar-refractivity contribution >= 4 is 0 Å². The van der Waals surface area contributed by atoms with Crippen molar-refractivity contribution in [2.75, 3.05) is 20.3 Å². The van der Waals surface area contributed by atoms with E-state index in [0.29, 0.717) is 13.2 Å². The van der Waals surface area contributed by atoms with Crippen molar-refractivity contribution in [3.05, 3.63) is 66.0 Å². The summed E-state index contributed by atoms with van der Waals surface area (Å²) in [6, 6.07) is 14.1. The number of benzene rings is 1. The molecular weight excluding hydrogens is 252 g/mol. The molecule has 20 heavy (non-hydrogen) atoms. The number of pyridine rings is 1. The minimum atomic E-state index is -0.520. The van der Waals surface area contributed by atoms with Gasteiger partial charge in [-0.05, 0) is 23.3 Å². The summed E-state index contributed by atoms with van der Waals surface area (Å²) in [6.07, 6.45) is 3.03. The smallest absolute Gasteiger partial charge is 0.0897 e. The molecule has 1 aromatic heterocycles. The molecule has 0 saturated carbocycles. The highest BCUT2D eigenvalue weighted by Gasteiger charge is 2.14. The molecule has 4 heteroatoms. The Hall–Kier alpha value is -1.75. The maximum atomic E-state index is 9.79. The van der Waals surface area contributed by atoms with Gasteiger partial charge in [0.2, 0.25) is 0 Å². The summed E-state index contributed by atoms with van der Waals surface area (Å²) in [5.74, 6) is 0. The van der Waals surface area contributed by atoms with Gasteiger partial charge in [-0.15, -0.1) is 0 Å². The normalized spacial score (nSPS) is 13.9. The van der Waals surface area contributed by atoms with Crippen molar-refractivity contribution in [3.8, 4) is 0 Å². The first kappa shape index (κ1) is 14.7. The number of nitrogens with zero attached hydrogens (tertiary/aromatic N) is 1. The Labute approximate surface area is 119 Å². The van der Waals surface area contributed by atoms with Crippen LogP contribution < -0.4 is 5.32 Å². The first-order valence-electron chi connectivity index (χ1n) is 6.66. The van der Waals surface area contributed by atoms with Crippen LogP contribution in [0.4, 0.5) is 0 Å². The second-order valence-electron chi connectivity index (χ2n) is 4.64. The van der Waals surface area contributed by atoms with E-state index < -0.39 is 6.10 Å². The van der Waals surface area contributed by atoms with E-state index >= 15 is 0 Å². The Morgan fingerprint density at radius 2 is 1.75 bits per heavy atom. The lowest BCUT2D eigenvalue weighted by Gasteiger charge is -2.21. The zero-order valence-corrected chi connectivity index (χ0v) is 11.6. The van der Waals surface area contributed by atoms with Gasteiger partial charge in [-0.3, -0.25) is 4.98 Å². The molecule has 0 aliphatic rings. The highest BCUT2D eigenvalue weighted by Crippen LogP contribution is 2.21. The number of aliphatic hydroxyl groups excluding tert-OH is 1. The monoisotopic (exact) mass is 272 g/mol. The van der Waals surface area contributed by atoms with Gasteiger partial charge in [-0.1, -0.05) is 30.3 Å². The molecule has 0 amide bonds. The molecule has 106 valence electrons. The summed E-state index contributed by atoms with van der Waals surface area (Å²) in [6.45, 7) is 0.792. The molecule has 0 aliphatic carbocycles. The quantitative estimate of drug-likeness (QED) is 0.806. The summed E-state index contributed by atoms with van der Waals surface area (Å²) < 4.78 is 4.95. The molecule has 1 aromatic carbocycles. The third kappa shape index (κ3) is 4.13. The predicted octanol–water partition coefficient (Wildman–Crippen LogP) is 1.77. The largest absolute Gasteiger partial charge is 0.389 e. The van der Waals surface area contributed by atoms with Crippen LogP contribution in [0.1, 0.15) is 17.2 Å². The van der Waals surface area contributed by atoms with Gasteiger partial charge in [-0.2, -0.15) is 0 Å². The van der Waals surface area contributed by atoms with E-state index in [9.17, 15) is 5.11 Å². The van der Waals surface area contributed by atoms with Crippen LogP contribution in [-0.2, 0) is 4.74 Å². The molecule has 2 aromatic rings. The molecule has 0 radical (unpaired) electrons. The molecule has 0 aliphatic heterocycles. The maximum absolute atomic E-state index is 9.79. The first-order valence-corrected chi connectivity index (χ1v) is 6.66. The van der Waals surface area contributed by atoms with Gasteiger partial charge in [0.1, 0.15) is 0 Å². The van der Waals surface area contributed by atoms with E-state index in [2.05, 4.69) is 22.4 Å². The average Bonchev–Trinajstić information content (AvgIpc) is 2.50. The Morgan fingerprint density at radius 1 is 1.10 bits per heavy atom. The van der Waals surface area contributed by atoms with Crippen molar-refractivity contribution in [1.29, 1.82) is 0 Å². The molecule has 0 bridgehead atoms. The van der Waals surface area contributed by atoms with Crippen molar-refractivity contribution in [2.45, 2.75) is 12.1 Å². The van der Waals surface area contributed by atoms with Crippen LogP contribution in [0.25, 0.3) is 0 Å². The van der Waals surface area contributed by atoms with Crippen LogP contribution in [0.2, 0.25) is 0 Å². The van der Waals surface area contributed by atoms with E-state index in [1.165, 1.54) is 0 Å². The van der Waals surface area contributed by atoms with Gasteiger partial charge in [0.25, 0.3) is 0 Å². The van der Waals surface area contributed by atoms with Gasteiger partial charge in [0, 0.05) is 26.0 Å². The molecule has 2 atom stereocenters. The SMILES string of the molecule is COCC(O)CNC(c1ccccc1)c1ccncc1. The Bertz CT molecular complexity index is 451. The van der Waals surface area contributed by atoms with E-state index in [1.54, 1.807) is 19.5 Å². The fourth-order valence-corrected chi connectivity index (χ4v) is 2.13. The predicted molar refractivity (Wildman–Crippen MR) is 78.4 cm³/mol. The second-order valence-corrected chi connectivity index (χ2v) is 4.64. The molecule has 0 saturated heterocycles. The summed E-state index contributed by atoms with van der Waals surface area (Å²) >= 11 is 0. The Kier molecular flexibility index (Phi) is 5.68. The number of aliphatic hydroxyl groups is 1. The number of methoxy groups -OCH3 is 1. The van der Waals surface area contributed by atoms with Crippen LogP contribution in [0.15, 0.2) is 54.9 Å². The zero-order valence-electron chi connectivity index (χ0n) is 11.6. The van der Waals surface area contributed by atoms with E-state index in [1.807, 2.05) is 30.3 Å². The number of hydrogen-bond acceptors (Lipinski definition) is 4. The lowest BCUT2D eigenvalue weighted by Crippen LogP contribution is -2.33. The summed E-state index contributed by atoms with van der Waals surface area (Å²) in [4.78, 5) is 4.05. The van der Waals surface area contributed by atoms with Gasteiger partial charge in [0.15, 0.2) is 0 Å². The van der Waals surface area contributed by atoms with Crippen LogP contribution in [0.5, 0.6) is 0 Å². The first-order chi connectivity index (χ1) is 9.81. The Balaban J connectivity index is 2.13. The lowest BCUT2D eigenvalue weighted by atomic mass is 9.99. The van der Waals surface area contributed by atoms with Gasteiger partial charge in [0.05, 0.1) is 18.8 Å². The fraction of sp³-hybridized carbons (Fsp3) is 0.312. The highest BCUT2D eigenvalue weighted by atomic mass is 16.5. The van der Waals surface area contributed by atoms with Crippen molar-refractivity contribution < 1.29 is 9.84 Å². The third-order valence-corrected chi connectivity index (χ3v) is 3.09. The summed E-state index contributed by atoms with van der Waals surface area (Å²) in [5, 5.41) is 13.2. The van der Waals surface area contributed by atoms with Crippen LogP contribution in [-0.4, -0.2) is 36.5 Å². The number of rotatable bonds is 7. The molecule has 1 heterocycles. The molecular formula is C16H20N2O2. The molecule has 4 nitrogen and oxygen atoms in total. The number of aromatic nitrogens is 1. The number of hydrogen-bond donors (Lipinski definition) is 2. The van der Waals surface area contributed by atoms with Crippen molar-refractivity contribution in [3.63, 3.8) is 0 Å². The lowest BCUT2D eigenvalue weighted by molar-refractivity contribution is 0.0634. The Morgan fingerprint density at radius 3 is 2.40 bits per heavy atom. The molecule has 2 unspecified atom stereocenters. The minimum absolute atomic E-state index is 0.0331. The second kappa shape index (κ2) is 7.75. The van der Waals surface area contributed by atoms with Crippen LogP contribution in [0.3, 0.4) is 0 Å². The molecule has 0 spiro atoms. The topological polar surface area (TPSA) is 54.4 Å². The average molecular weight is 272 g/mol. The summed E-state index contributed by atoms with van der Waals surface area (Å²) in [5.41, 5.74) is 2.28. The zero-order chi connectivity index (χ0) is 14.2. The number of ether oxygens (including phenoxy) is 1. The van der Waals surface area contributed by atoms with Gasteiger partial charge < -0.3 is 15.2 Å². The van der Waals surface area contributed by atoms with Crippen LogP contribution in [0, 0.1) is 0 Å². The maximum Gasteiger partial charge on any atom is 0.0897 e. The van der Waals surface area contributed by atoms with E-state index in [-0.39, 0.29) is 6.04 Å². The fourth-order valence-electron chi connectivity index (χ4n) is 2.13. The van der Waals surface area contributed by atoms with Crippen molar-refractivity contribution in [1.82, 2.24) is 10.3 Å². The van der Waals surface area contributed by atoms with E-state index in [0.717, 1.165) is 11.1 Å². The van der Waals surface area contributed by atoms with Crippen LogP contribution >= 0.6 is 0 Å². The van der Waals surface area contributed by atoms with Gasteiger partial charge in [-0.25, -0.2) is 0 Å². The summed E-state index contributed by atoms with van der Waals surface area (Å²) in [7, 11) is 1.58.